The summed E-state index contributed by atoms with van der Waals surface area (Å²) in [6.07, 6.45) is 4.21. The maximum atomic E-state index is 12.0. The van der Waals surface area contributed by atoms with Gasteiger partial charge in [-0.25, -0.2) is 9.69 Å². The van der Waals surface area contributed by atoms with E-state index in [1.165, 1.54) is 0 Å². The topological polar surface area (TPSA) is 86.8 Å². The van der Waals surface area contributed by atoms with Gasteiger partial charge in [-0.15, -0.1) is 0 Å². The Hall–Kier alpha value is -1.92. The SMILES string of the molecule is CCN1C(=O)C(=O)N(CC(=O)N[C@H]2CCCC[C@@H]2C)C1=O. The van der Waals surface area contributed by atoms with Gasteiger partial charge >= 0.3 is 17.8 Å². The zero-order valence-corrected chi connectivity index (χ0v) is 12.4. The van der Waals surface area contributed by atoms with Crippen molar-refractivity contribution in [1.82, 2.24) is 15.1 Å². The molecule has 1 saturated heterocycles. The van der Waals surface area contributed by atoms with E-state index in [1.54, 1.807) is 6.92 Å². The van der Waals surface area contributed by atoms with Gasteiger partial charge in [0, 0.05) is 12.6 Å². The van der Waals surface area contributed by atoms with Crippen LogP contribution < -0.4 is 5.32 Å². The highest BCUT2D eigenvalue weighted by atomic mass is 16.2. The molecule has 5 amide bonds. The van der Waals surface area contributed by atoms with E-state index < -0.39 is 17.8 Å². The number of carbonyl (C=O) groups is 4. The molecule has 7 nitrogen and oxygen atoms in total. The molecule has 0 aromatic heterocycles. The standard InChI is InChI=1S/C14H21N3O4/c1-3-16-12(19)13(20)17(14(16)21)8-11(18)15-10-7-5-4-6-9(10)2/h9-10H,3-8H2,1-2H3,(H,15,18)/t9-,10-/m0/s1. The van der Waals surface area contributed by atoms with Crippen LogP contribution in [0.4, 0.5) is 4.79 Å². The first kappa shape index (κ1) is 15.5. The Morgan fingerprint density at radius 2 is 1.76 bits per heavy atom. The maximum Gasteiger partial charge on any atom is 0.334 e. The molecule has 2 fully saturated rings. The minimum atomic E-state index is -0.923. The van der Waals surface area contributed by atoms with Crippen molar-refractivity contribution in [3.05, 3.63) is 0 Å². The van der Waals surface area contributed by atoms with Gasteiger partial charge in [0.25, 0.3) is 0 Å². The molecule has 1 heterocycles. The lowest BCUT2D eigenvalue weighted by atomic mass is 9.86. The third kappa shape index (κ3) is 3.06. The molecule has 0 spiro atoms. The number of hydrogen-bond acceptors (Lipinski definition) is 4. The zero-order valence-electron chi connectivity index (χ0n) is 12.4. The van der Waals surface area contributed by atoms with Gasteiger partial charge in [-0.3, -0.25) is 19.3 Å². The summed E-state index contributed by atoms with van der Waals surface area (Å²) in [4.78, 5) is 48.7. The number of carbonyl (C=O) groups excluding carboxylic acids is 4. The van der Waals surface area contributed by atoms with Crippen LogP contribution in [0.25, 0.3) is 0 Å². The van der Waals surface area contributed by atoms with Crippen molar-refractivity contribution in [3.8, 4) is 0 Å². The molecule has 0 bridgehead atoms. The van der Waals surface area contributed by atoms with Crippen LogP contribution in [0.15, 0.2) is 0 Å². The third-order valence-corrected chi connectivity index (χ3v) is 4.21. The Morgan fingerprint density at radius 3 is 2.33 bits per heavy atom. The number of urea groups is 1. The second-order valence-corrected chi connectivity index (χ2v) is 5.66. The number of amides is 5. The first-order valence-corrected chi connectivity index (χ1v) is 7.42. The van der Waals surface area contributed by atoms with Gasteiger partial charge in [0.05, 0.1) is 0 Å². The Balaban J connectivity index is 1.95. The summed E-state index contributed by atoms with van der Waals surface area (Å²) in [6.45, 7) is 3.43. The smallest absolute Gasteiger partial charge is 0.334 e. The van der Waals surface area contributed by atoms with E-state index in [4.69, 9.17) is 0 Å². The molecule has 116 valence electrons. The second-order valence-electron chi connectivity index (χ2n) is 5.66. The molecule has 1 aliphatic heterocycles. The fourth-order valence-corrected chi connectivity index (χ4v) is 2.90. The van der Waals surface area contributed by atoms with Crippen LogP contribution in [0.1, 0.15) is 39.5 Å². The molecular weight excluding hydrogens is 274 g/mol. The Labute approximate surface area is 123 Å². The van der Waals surface area contributed by atoms with E-state index in [1.807, 2.05) is 0 Å². The average molecular weight is 295 g/mol. The van der Waals surface area contributed by atoms with Crippen molar-refractivity contribution < 1.29 is 19.2 Å². The van der Waals surface area contributed by atoms with Gasteiger partial charge < -0.3 is 5.32 Å². The first-order valence-electron chi connectivity index (χ1n) is 7.42. The minimum Gasteiger partial charge on any atom is -0.352 e. The largest absolute Gasteiger partial charge is 0.352 e. The molecular formula is C14H21N3O4. The van der Waals surface area contributed by atoms with Crippen LogP contribution >= 0.6 is 0 Å². The molecule has 1 N–H and O–H groups in total. The van der Waals surface area contributed by atoms with Crippen molar-refractivity contribution in [2.24, 2.45) is 5.92 Å². The summed E-state index contributed by atoms with van der Waals surface area (Å²) in [5, 5.41) is 2.87. The number of likely N-dealkylation sites (N-methyl/N-ethyl adjacent to an activating group) is 1. The summed E-state index contributed by atoms with van der Waals surface area (Å²) in [5.74, 6) is -1.78. The molecule has 2 atom stereocenters. The summed E-state index contributed by atoms with van der Waals surface area (Å²) in [6, 6.07) is -0.628. The number of hydrogen-bond donors (Lipinski definition) is 1. The van der Waals surface area contributed by atoms with Crippen molar-refractivity contribution in [2.75, 3.05) is 13.1 Å². The number of imide groups is 2. The van der Waals surface area contributed by atoms with E-state index in [9.17, 15) is 19.2 Å². The van der Waals surface area contributed by atoms with Crippen molar-refractivity contribution in [1.29, 1.82) is 0 Å². The van der Waals surface area contributed by atoms with Crippen LogP contribution in [0.3, 0.4) is 0 Å². The predicted octanol–water partition coefficient (Wildman–Crippen LogP) is 0.492. The molecule has 0 radical (unpaired) electrons. The van der Waals surface area contributed by atoms with Crippen molar-refractivity contribution in [3.63, 3.8) is 0 Å². The monoisotopic (exact) mass is 295 g/mol. The molecule has 7 heteroatoms. The van der Waals surface area contributed by atoms with E-state index in [-0.39, 0.29) is 25.0 Å². The summed E-state index contributed by atoms with van der Waals surface area (Å²) in [5.41, 5.74) is 0. The molecule has 2 aliphatic rings. The van der Waals surface area contributed by atoms with Crippen LogP contribution in [0.2, 0.25) is 0 Å². The van der Waals surface area contributed by atoms with Gasteiger partial charge in [0.2, 0.25) is 5.91 Å². The molecule has 0 aromatic rings. The molecule has 2 rings (SSSR count). The average Bonchev–Trinajstić information content (AvgIpc) is 2.65. The maximum absolute atomic E-state index is 12.0. The first-order chi connectivity index (χ1) is 9.95. The highest BCUT2D eigenvalue weighted by Gasteiger charge is 2.44. The second kappa shape index (κ2) is 6.24. The van der Waals surface area contributed by atoms with Gasteiger partial charge in [0.1, 0.15) is 6.54 Å². The minimum absolute atomic E-state index is 0.0806. The van der Waals surface area contributed by atoms with Crippen LogP contribution in [0.5, 0.6) is 0 Å². The summed E-state index contributed by atoms with van der Waals surface area (Å²) in [7, 11) is 0. The molecule has 1 aliphatic carbocycles. The van der Waals surface area contributed by atoms with Crippen LogP contribution in [-0.2, 0) is 14.4 Å². The lowest BCUT2D eigenvalue weighted by Gasteiger charge is -2.29. The Morgan fingerprint density at radius 1 is 1.14 bits per heavy atom. The quantitative estimate of drug-likeness (QED) is 0.604. The summed E-state index contributed by atoms with van der Waals surface area (Å²) >= 11 is 0. The van der Waals surface area contributed by atoms with Crippen molar-refractivity contribution >= 4 is 23.8 Å². The normalized spacial score (nSPS) is 26.5. The molecule has 0 aromatic carbocycles. The molecule has 21 heavy (non-hydrogen) atoms. The highest BCUT2D eigenvalue weighted by molar-refractivity contribution is 6.45. The number of rotatable bonds is 4. The Kier molecular flexibility index (Phi) is 4.59. The Bertz CT molecular complexity index is 477. The van der Waals surface area contributed by atoms with Gasteiger partial charge in [-0.1, -0.05) is 19.8 Å². The lowest BCUT2D eigenvalue weighted by molar-refractivity contribution is -0.144. The van der Waals surface area contributed by atoms with Gasteiger partial charge in [0.15, 0.2) is 0 Å². The van der Waals surface area contributed by atoms with Gasteiger partial charge in [-0.05, 0) is 25.7 Å². The third-order valence-electron chi connectivity index (χ3n) is 4.21. The number of nitrogens with one attached hydrogen (secondary N) is 1. The summed E-state index contributed by atoms with van der Waals surface area (Å²) < 4.78 is 0. The van der Waals surface area contributed by atoms with E-state index in [0.29, 0.717) is 10.8 Å². The number of nitrogens with zero attached hydrogens (tertiary/aromatic N) is 2. The predicted molar refractivity (Wildman–Crippen MR) is 74.1 cm³/mol. The zero-order chi connectivity index (χ0) is 15.6. The van der Waals surface area contributed by atoms with Crippen molar-refractivity contribution in [2.45, 2.75) is 45.6 Å². The molecule has 1 saturated carbocycles. The van der Waals surface area contributed by atoms with E-state index in [0.717, 1.165) is 30.6 Å². The fraction of sp³-hybridized carbons (Fsp3) is 0.714. The molecule has 0 unspecified atom stereocenters. The highest BCUT2D eigenvalue weighted by Crippen LogP contribution is 2.23. The van der Waals surface area contributed by atoms with Crippen LogP contribution in [-0.4, -0.2) is 52.7 Å². The fourth-order valence-electron chi connectivity index (χ4n) is 2.90. The van der Waals surface area contributed by atoms with Gasteiger partial charge in [-0.2, -0.15) is 0 Å². The van der Waals surface area contributed by atoms with Crippen LogP contribution in [0, 0.1) is 5.92 Å². The van der Waals surface area contributed by atoms with E-state index in [2.05, 4.69) is 12.2 Å². The van der Waals surface area contributed by atoms with E-state index >= 15 is 0 Å². The lowest BCUT2D eigenvalue weighted by Crippen LogP contribution is -2.47.